The predicted molar refractivity (Wildman–Crippen MR) is 68.3 cm³/mol. The van der Waals surface area contributed by atoms with E-state index in [4.69, 9.17) is 5.84 Å². The van der Waals surface area contributed by atoms with E-state index in [0.29, 0.717) is 5.69 Å². The zero-order valence-corrected chi connectivity index (χ0v) is 11.2. The Morgan fingerprint density at radius 3 is 2.00 bits per heavy atom. The first-order valence-electron chi connectivity index (χ1n) is 5.46. The molecule has 0 saturated heterocycles. The van der Waals surface area contributed by atoms with Crippen molar-refractivity contribution in [3.05, 3.63) is 23.0 Å². The van der Waals surface area contributed by atoms with Gasteiger partial charge in [0.1, 0.15) is 5.69 Å². The lowest BCUT2D eigenvalue weighted by Crippen LogP contribution is -2.10. The van der Waals surface area contributed by atoms with Gasteiger partial charge in [-0.2, -0.15) is 0 Å². The first kappa shape index (κ1) is 17.1. The maximum Gasteiger partial charge on any atom is 0.168 e. The van der Waals surface area contributed by atoms with E-state index in [2.05, 4.69) is 4.74 Å². The van der Waals surface area contributed by atoms with Gasteiger partial charge in [-0.25, -0.2) is 0 Å². The van der Waals surface area contributed by atoms with Crippen molar-refractivity contribution in [2.75, 3.05) is 19.6 Å². The summed E-state index contributed by atoms with van der Waals surface area (Å²) >= 11 is 0. The second kappa shape index (κ2) is 10.2. The number of methoxy groups -OCH3 is 1. The summed E-state index contributed by atoms with van der Waals surface area (Å²) in [5.74, 6) is 5.44. The standard InChI is InChI=1S/C7H10N2O.C3H8O.C2H6/c1-5-3-9(8)7(4-10)6(5)2;1-3-4-2;1-2/h3-4H,8H2,1-2H3;3H2,1-2H3;1-2H3. The number of hydrogen-bond donors (Lipinski definition) is 1. The maximum atomic E-state index is 10.4. The van der Waals surface area contributed by atoms with Crippen LogP contribution in [-0.4, -0.2) is 24.7 Å². The highest BCUT2D eigenvalue weighted by Gasteiger charge is 2.04. The van der Waals surface area contributed by atoms with Crippen LogP contribution >= 0.6 is 0 Å². The van der Waals surface area contributed by atoms with Crippen LogP contribution in [-0.2, 0) is 4.74 Å². The quantitative estimate of drug-likeness (QED) is 0.624. The molecule has 16 heavy (non-hydrogen) atoms. The summed E-state index contributed by atoms with van der Waals surface area (Å²) in [6, 6.07) is 0. The van der Waals surface area contributed by atoms with Crippen molar-refractivity contribution in [2.24, 2.45) is 0 Å². The van der Waals surface area contributed by atoms with Crippen molar-refractivity contribution >= 4 is 6.29 Å². The summed E-state index contributed by atoms with van der Waals surface area (Å²) in [5.41, 5.74) is 2.56. The summed E-state index contributed by atoms with van der Waals surface area (Å²) in [4.78, 5) is 10.4. The average molecular weight is 228 g/mol. The predicted octanol–water partition coefficient (Wildman–Crippen LogP) is 2.31. The van der Waals surface area contributed by atoms with E-state index in [1.54, 1.807) is 13.3 Å². The Hall–Kier alpha value is -1.29. The molecule has 0 unspecified atom stereocenters. The lowest BCUT2D eigenvalue weighted by Gasteiger charge is -1.92. The molecule has 0 fully saturated rings. The van der Waals surface area contributed by atoms with Gasteiger partial charge >= 0.3 is 0 Å². The minimum atomic E-state index is 0.553. The van der Waals surface area contributed by atoms with Gasteiger partial charge < -0.3 is 10.6 Å². The van der Waals surface area contributed by atoms with Gasteiger partial charge in [-0.1, -0.05) is 13.8 Å². The molecule has 0 radical (unpaired) electrons. The fourth-order valence-corrected chi connectivity index (χ4v) is 0.920. The second-order valence-electron chi connectivity index (χ2n) is 2.92. The number of aldehydes is 1. The van der Waals surface area contributed by atoms with Crippen LogP contribution in [0.5, 0.6) is 0 Å². The van der Waals surface area contributed by atoms with Crippen LogP contribution in [0, 0.1) is 13.8 Å². The molecule has 1 aromatic heterocycles. The highest BCUT2D eigenvalue weighted by atomic mass is 16.5. The van der Waals surface area contributed by atoms with Crippen LogP contribution < -0.4 is 5.84 Å². The molecule has 1 aromatic rings. The normalized spacial score (nSPS) is 8.38. The molecule has 0 aliphatic carbocycles. The zero-order chi connectivity index (χ0) is 13.1. The first-order chi connectivity index (χ1) is 7.58. The third kappa shape index (κ3) is 5.56. The van der Waals surface area contributed by atoms with Gasteiger partial charge in [-0.05, 0) is 31.9 Å². The van der Waals surface area contributed by atoms with E-state index >= 15 is 0 Å². The van der Waals surface area contributed by atoms with Gasteiger partial charge in [0.15, 0.2) is 6.29 Å². The van der Waals surface area contributed by atoms with Crippen molar-refractivity contribution in [1.29, 1.82) is 0 Å². The minimum absolute atomic E-state index is 0.553. The van der Waals surface area contributed by atoms with Crippen LogP contribution in [0.4, 0.5) is 0 Å². The summed E-state index contributed by atoms with van der Waals surface area (Å²) in [7, 11) is 1.68. The van der Waals surface area contributed by atoms with Crippen LogP contribution in [0.2, 0.25) is 0 Å². The number of carbonyl (C=O) groups is 1. The Bertz CT molecular complexity index is 291. The molecule has 0 spiro atoms. The molecule has 0 aliphatic rings. The van der Waals surface area contributed by atoms with Crippen LogP contribution in [0.15, 0.2) is 6.20 Å². The largest absolute Gasteiger partial charge is 0.385 e. The Morgan fingerprint density at radius 2 is 1.88 bits per heavy atom. The number of nitrogens with zero attached hydrogens (tertiary/aromatic N) is 1. The molecule has 0 atom stereocenters. The first-order valence-corrected chi connectivity index (χ1v) is 5.46. The van der Waals surface area contributed by atoms with Gasteiger partial charge in [-0.3, -0.25) is 9.47 Å². The molecule has 4 heteroatoms. The Balaban J connectivity index is 0. The smallest absolute Gasteiger partial charge is 0.168 e. The van der Waals surface area contributed by atoms with Crippen molar-refractivity contribution in [3.63, 3.8) is 0 Å². The van der Waals surface area contributed by atoms with Crippen molar-refractivity contribution in [3.8, 4) is 0 Å². The number of hydrogen-bond acceptors (Lipinski definition) is 3. The van der Waals surface area contributed by atoms with E-state index in [1.807, 2.05) is 34.6 Å². The fraction of sp³-hybridized carbons (Fsp3) is 0.583. The molecule has 0 aromatic carbocycles. The molecular formula is C12H24N2O2. The number of rotatable bonds is 2. The molecule has 94 valence electrons. The minimum Gasteiger partial charge on any atom is -0.385 e. The molecule has 2 N–H and O–H groups in total. The van der Waals surface area contributed by atoms with Crippen molar-refractivity contribution in [1.82, 2.24) is 4.68 Å². The highest BCUT2D eigenvalue weighted by molar-refractivity contribution is 5.75. The summed E-state index contributed by atoms with van der Waals surface area (Å²) in [6.07, 6.45) is 2.50. The van der Waals surface area contributed by atoms with E-state index in [9.17, 15) is 4.79 Å². The van der Waals surface area contributed by atoms with Gasteiger partial charge in [0.05, 0.1) is 0 Å². The van der Waals surface area contributed by atoms with Gasteiger partial charge in [-0.15, -0.1) is 0 Å². The Kier molecular flexibility index (Phi) is 10.9. The number of aromatic nitrogens is 1. The molecule has 1 heterocycles. The molecule has 0 aliphatic heterocycles. The van der Waals surface area contributed by atoms with Crippen molar-refractivity contribution < 1.29 is 9.53 Å². The maximum absolute atomic E-state index is 10.4. The van der Waals surface area contributed by atoms with Crippen molar-refractivity contribution in [2.45, 2.75) is 34.6 Å². The van der Waals surface area contributed by atoms with Gasteiger partial charge in [0.25, 0.3) is 0 Å². The molecule has 0 amide bonds. The number of nitrogen functional groups attached to an aromatic ring is 1. The van der Waals surface area contributed by atoms with Gasteiger partial charge in [0, 0.05) is 19.9 Å². The van der Waals surface area contributed by atoms with Crippen LogP contribution in [0.25, 0.3) is 0 Å². The summed E-state index contributed by atoms with van der Waals surface area (Å²) in [5, 5.41) is 0. The summed E-state index contributed by atoms with van der Waals surface area (Å²) < 4.78 is 5.89. The second-order valence-corrected chi connectivity index (χ2v) is 2.92. The molecule has 1 rings (SSSR count). The average Bonchev–Trinajstić information content (AvgIpc) is 2.56. The molecule has 0 saturated carbocycles. The lowest BCUT2D eigenvalue weighted by atomic mass is 10.2. The van der Waals surface area contributed by atoms with Gasteiger partial charge in [0.2, 0.25) is 0 Å². The Labute approximate surface area is 98.4 Å². The number of nitrogens with two attached hydrogens (primary N) is 1. The van der Waals surface area contributed by atoms with Crippen LogP contribution in [0.3, 0.4) is 0 Å². The third-order valence-corrected chi connectivity index (χ3v) is 1.99. The lowest BCUT2D eigenvalue weighted by molar-refractivity contribution is 0.111. The number of carbonyl (C=O) groups excluding carboxylic acids is 1. The van der Waals surface area contributed by atoms with E-state index in [0.717, 1.165) is 24.0 Å². The highest BCUT2D eigenvalue weighted by Crippen LogP contribution is 2.10. The topological polar surface area (TPSA) is 57.2 Å². The Morgan fingerprint density at radius 1 is 1.44 bits per heavy atom. The number of aryl methyl sites for hydroxylation is 1. The zero-order valence-electron chi connectivity index (χ0n) is 11.2. The van der Waals surface area contributed by atoms with Crippen LogP contribution in [0.1, 0.15) is 42.4 Å². The SMILES string of the molecule is CC.CCOC.Cc1cn(N)c(C=O)c1C. The number of ether oxygens (including phenoxy) is 1. The molecule has 0 bridgehead atoms. The molecular weight excluding hydrogens is 204 g/mol. The van der Waals surface area contributed by atoms with E-state index < -0.39 is 0 Å². The van der Waals surface area contributed by atoms with E-state index in [1.165, 1.54) is 4.68 Å². The summed E-state index contributed by atoms with van der Waals surface area (Å²) in [6.45, 7) is 10.6. The molecule has 4 nitrogen and oxygen atoms in total. The fourth-order valence-electron chi connectivity index (χ4n) is 0.920. The third-order valence-electron chi connectivity index (χ3n) is 1.99. The van der Waals surface area contributed by atoms with E-state index in [-0.39, 0.29) is 0 Å². The monoisotopic (exact) mass is 228 g/mol.